The Kier molecular flexibility index (Phi) is 4.45. The molecule has 0 fully saturated rings. The number of nitrogens with zero attached hydrogens (tertiary/aromatic N) is 2. The summed E-state index contributed by atoms with van der Waals surface area (Å²) in [6.07, 6.45) is 10.1. The van der Waals surface area contributed by atoms with Crippen LogP contribution in [0.2, 0.25) is 0 Å². The van der Waals surface area contributed by atoms with Crippen molar-refractivity contribution in [1.29, 1.82) is 0 Å². The van der Waals surface area contributed by atoms with Crippen molar-refractivity contribution in [2.24, 2.45) is 5.92 Å². The summed E-state index contributed by atoms with van der Waals surface area (Å²) in [7, 11) is 1.69. The highest BCUT2D eigenvalue weighted by Gasteiger charge is 2.53. The first-order chi connectivity index (χ1) is 11.6. The molecule has 0 unspecified atom stereocenters. The predicted octanol–water partition coefficient (Wildman–Crippen LogP) is 5.31. The lowest BCUT2D eigenvalue weighted by molar-refractivity contribution is 0.410. The van der Waals surface area contributed by atoms with E-state index < -0.39 is 5.66 Å². The summed E-state index contributed by atoms with van der Waals surface area (Å²) in [6, 6.07) is 6.32. The monoisotopic (exact) mass is 318 g/mol. The van der Waals surface area contributed by atoms with Crippen LogP contribution in [0.1, 0.15) is 42.7 Å². The SMILES string of the molecule is [C-]#[N+]C1([N+]#[C-])CC=C[C@@H](c2ccc(OC)c(C)c2)[C@@H]2CCCC=C21. The van der Waals surface area contributed by atoms with E-state index in [-0.39, 0.29) is 11.8 Å². The molecule has 2 atom stereocenters. The van der Waals surface area contributed by atoms with Gasteiger partial charge in [0, 0.05) is 11.8 Å². The largest absolute Gasteiger partial charge is 0.509 e. The first kappa shape index (κ1) is 16.3. The zero-order chi connectivity index (χ0) is 17.2. The molecule has 0 saturated carbocycles. The lowest BCUT2D eigenvalue weighted by Gasteiger charge is -2.29. The minimum atomic E-state index is -1.03. The van der Waals surface area contributed by atoms with E-state index in [1.165, 1.54) is 5.56 Å². The van der Waals surface area contributed by atoms with Crippen molar-refractivity contribution in [3.63, 3.8) is 0 Å². The summed E-state index contributed by atoms with van der Waals surface area (Å²) in [6.45, 7) is 17.3. The van der Waals surface area contributed by atoms with Gasteiger partial charge in [-0.3, -0.25) is 0 Å². The van der Waals surface area contributed by atoms with E-state index in [1.54, 1.807) is 7.11 Å². The van der Waals surface area contributed by atoms with Gasteiger partial charge in [-0.15, -0.1) is 0 Å². The Morgan fingerprint density at radius 2 is 2.04 bits per heavy atom. The molecule has 0 bridgehead atoms. The van der Waals surface area contributed by atoms with E-state index in [4.69, 9.17) is 17.9 Å². The van der Waals surface area contributed by atoms with Crippen LogP contribution in [0.3, 0.4) is 0 Å². The first-order valence-electron chi connectivity index (χ1n) is 8.44. The lowest BCUT2D eigenvalue weighted by atomic mass is 9.72. The normalized spacial score (nSPS) is 24.8. The van der Waals surface area contributed by atoms with Crippen LogP contribution in [-0.2, 0) is 0 Å². The third-order valence-electron chi connectivity index (χ3n) is 5.30. The fourth-order valence-electron chi connectivity index (χ4n) is 4.06. The number of allylic oxidation sites excluding steroid dienone is 2. The molecule has 3 heteroatoms. The van der Waals surface area contributed by atoms with Gasteiger partial charge in [0.15, 0.2) is 0 Å². The van der Waals surface area contributed by atoms with Crippen molar-refractivity contribution in [3.05, 3.63) is 76.0 Å². The van der Waals surface area contributed by atoms with Crippen LogP contribution < -0.4 is 4.74 Å². The van der Waals surface area contributed by atoms with Gasteiger partial charge in [-0.05, 0) is 43.4 Å². The summed E-state index contributed by atoms with van der Waals surface area (Å²) in [5.41, 5.74) is 2.38. The molecule has 3 nitrogen and oxygen atoms in total. The van der Waals surface area contributed by atoms with Gasteiger partial charge in [0.1, 0.15) is 17.7 Å². The minimum Gasteiger partial charge on any atom is -0.496 e. The molecule has 0 N–H and O–H groups in total. The van der Waals surface area contributed by atoms with E-state index in [9.17, 15) is 0 Å². The van der Waals surface area contributed by atoms with E-state index in [0.717, 1.165) is 36.1 Å². The number of rotatable bonds is 2. The third-order valence-corrected chi connectivity index (χ3v) is 5.30. The number of benzene rings is 1. The van der Waals surface area contributed by atoms with Crippen molar-refractivity contribution >= 4 is 0 Å². The highest BCUT2D eigenvalue weighted by Crippen LogP contribution is 2.48. The molecule has 122 valence electrons. The second-order valence-electron chi connectivity index (χ2n) is 6.62. The van der Waals surface area contributed by atoms with Crippen LogP contribution >= 0.6 is 0 Å². The van der Waals surface area contributed by atoms with Crippen LogP contribution in [0, 0.1) is 26.0 Å². The molecule has 0 saturated heterocycles. The van der Waals surface area contributed by atoms with Crippen LogP contribution in [0.25, 0.3) is 9.69 Å². The molecule has 3 rings (SSSR count). The smallest absolute Gasteiger partial charge is 0.496 e. The summed E-state index contributed by atoms with van der Waals surface area (Å²) < 4.78 is 5.38. The van der Waals surface area contributed by atoms with Gasteiger partial charge >= 0.3 is 5.66 Å². The lowest BCUT2D eigenvalue weighted by Crippen LogP contribution is -2.30. The van der Waals surface area contributed by atoms with Gasteiger partial charge in [-0.25, -0.2) is 22.8 Å². The summed E-state index contributed by atoms with van der Waals surface area (Å²) in [5, 5.41) is 0. The van der Waals surface area contributed by atoms with Gasteiger partial charge < -0.3 is 4.74 Å². The second-order valence-corrected chi connectivity index (χ2v) is 6.62. The van der Waals surface area contributed by atoms with Crippen molar-refractivity contribution in [2.45, 2.75) is 44.2 Å². The summed E-state index contributed by atoms with van der Waals surface area (Å²) in [4.78, 5) is 7.54. The highest BCUT2D eigenvalue weighted by atomic mass is 16.5. The Balaban J connectivity index is 2.06. The quantitative estimate of drug-likeness (QED) is 0.534. The van der Waals surface area contributed by atoms with E-state index in [2.05, 4.69) is 40.9 Å². The molecule has 0 radical (unpaired) electrons. The Morgan fingerprint density at radius 3 is 2.71 bits per heavy atom. The first-order valence-corrected chi connectivity index (χ1v) is 8.44. The fourth-order valence-corrected chi connectivity index (χ4v) is 4.06. The zero-order valence-corrected chi connectivity index (χ0v) is 14.2. The van der Waals surface area contributed by atoms with Crippen LogP contribution in [0.4, 0.5) is 0 Å². The van der Waals surface area contributed by atoms with Gasteiger partial charge in [0.05, 0.1) is 7.11 Å². The van der Waals surface area contributed by atoms with E-state index >= 15 is 0 Å². The molecule has 0 heterocycles. The molecule has 1 aromatic rings. The maximum atomic E-state index is 7.64. The van der Waals surface area contributed by atoms with Gasteiger partial charge in [0.25, 0.3) is 0 Å². The van der Waals surface area contributed by atoms with E-state index in [1.807, 2.05) is 12.1 Å². The number of aryl methyl sites for hydroxylation is 1. The molecule has 0 spiro atoms. The van der Waals surface area contributed by atoms with Crippen molar-refractivity contribution < 1.29 is 4.74 Å². The number of ether oxygens (including phenoxy) is 1. The Morgan fingerprint density at radius 1 is 1.25 bits per heavy atom. The number of hydrogen-bond acceptors (Lipinski definition) is 1. The average molecular weight is 318 g/mol. The molecule has 0 amide bonds. The molecular formula is C21H22N2O. The van der Waals surface area contributed by atoms with Crippen molar-refractivity contribution in [3.8, 4) is 5.75 Å². The summed E-state index contributed by atoms with van der Waals surface area (Å²) in [5.74, 6) is 1.37. The maximum Gasteiger partial charge on any atom is 0.509 e. The molecule has 24 heavy (non-hydrogen) atoms. The standard InChI is InChI=1S/C21H22N2O/c1-15-14-16(11-12-20(15)24-4)17-9-7-13-21(22-2,23-3)19-10-6-5-8-18(17)19/h7,9-12,14,17-18H,5-6,8,13H2,1,4H3/t17-,18-/m0/s1. The molecule has 1 aromatic carbocycles. The predicted molar refractivity (Wildman–Crippen MR) is 95.6 cm³/mol. The van der Waals surface area contributed by atoms with Crippen molar-refractivity contribution in [2.75, 3.05) is 7.11 Å². The van der Waals surface area contributed by atoms with Gasteiger partial charge in [0.2, 0.25) is 0 Å². The zero-order valence-electron chi connectivity index (χ0n) is 14.2. The van der Waals surface area contributed by atoms with Crippen LogP contribution in [0.5, 0.6) is 5.75 Å². The molecular weight excluding hydrogens is 296 g/mol. The summed E-state index contributed by atoms with van der Waals surface area (Å²) >= 11 is 0. The topological polar surface area (TPSA) is 18.0 Å². The maximum absolute atomic E-state index is 7.64. The van der Waals surface area contributed by atoms with Crippen molar-refractivity contribution in [1.82, 2.24) is 0 Å². The Labute approximate surface area is 144 Å². The highest BCUT2D eigenvalue weighted by molar-refractivity contribution is 5.44. The molecule has 2 aliphatic carbocycles. The third kappa shape index (κ3) is 2.61. The van der Waals surface area contributed by atoms with E-state index in [0.29, 0.717) is 6.42 Å². The Bertz CT molecular complexity index is 762. The molecule has 2 aliphatic rings. The van der Waals surface area contributed by atoms with Crippen LogP contribution in [-0.4, -0.2) is 12.8 Å². The van der Waals surface area contributed by atoms with Gasteiger partial charge in [-0.1, -0.05) is 30.4 Å². The van der Waals surface area contributed by atoms with Crippen LogP contribution in [0.15, 0.2) is 42.0 Å². The average Bonchev–Trinajstić information content (AvgIpc) is 2.79. The number of hydrogen-bond donors (Lipinski definition) is 0. The fraction of sp³-hybridized carbons (Fsp3) is 0.429. The molecule has 0 aromatic heterocycles. The molecule has 0 aliphatic heterocycles. The van der Waals surface area contributed by atoms with Gasteiger partial charge in [-0.2, -0.15) is 0 Å². The number of methoxy groups -OCH3 is 1. The second kappa shape index (κ2) is 6.54. The number of fused-ring (bicyclic) bond motifs is 1. The minimum absolute atomic E-state index is 0.228. The Hall–Kier alpha value is -2.52.